The maximum Gasteiger partial charge on any atom is 0.222 e. The number of aromatic nitrogens is 2. The van der Waals surface area contributed by atoms with Crippen LogP contribution >= 0.6 is 11.6 Å². The predicted molar refractivity (Wildman–Crippen MR) is 58.5 cm³/mol. The molecule has 0 N–H and O–H groups in total. The molecule has 14 heavy (non-hydrogen) atoms. The lowest BCUT2D eigenvalue weighted by Gasteiger charge is -2.03. The van der Waals surface area contributed by atoms with E-state index in [1.54, 1.807) is 6.20 Å². The summed E-state index contributed by atoms with van der Waals surface area (Å²) < 4.78 is 5.22. The van der Waals surface area contributed by atoms with Crippen molar-refractivity contribution >= 4 is 11.6 Å². The lowest BCUT2D eigenvalue weighted by molar-refractivity contribution is 0.133. The van der Waals surface area contributed by atoms with Crippen LogP contribution in [0.3, 0.4) is 0 Å². The molecule has 0 bridgehead atoms. The quantitative estimate of drug-likeness (QED) is 0.729. The minimum Gasteiger partial charge on any atom is -0.377 e. The van der Waals surface area contributed by atoms with Gasteiger partial charge in [0.1, 0.15) is 0 Å². The summed E-state index contributed by atoms with van der Waals surface area (Å²) >= 11 is 5.59. The minimum absolute atomic E-state index is 0.285. The maximum absolute atomic E-state index is 5.59. The van der Waals surface area contributed by atoms with Crippen LogP contribution in [0.5, 0.6) is 0 Å². The average molecular weight is 217 g/mol. The van der Waals surface area contributed by atoms with Crippen molar-refractivity contribution in [3.05, 3.63) is 22.7 Å². The van der Waals surface area contributed by atoms with Gasteiger partial charge in [-0.3, -0.25) is 0 Å². The van der Waals surface area contributed by atoms with Crippen molar-refractivity contribution in [2.75, 3.05) is 6.61 Å². The Morgan fingerprint density at radius 2 is 2.07 bits per heavy atom. The van der Waals surface area contributed by atoms with E-state index in [0.29, 0.717) is 13.2 Å². The Labute approximate surface area is 90.5 Å². The molecule has 80 valence electrons. The van der Waals surface area contributed by atoms with Crippen LogP contribution < -0.4 is 0 Å². The number of hydrogen-bond donors (Lipinski definition) is 0. The van der Waals surface area contributed by atoms with Gasteiger partial charge >= 0.3 is 0 Å². The van der Waals surface area contributed by atoms with Crippen LogP contribution in [0.25, 0.3) is 0 Å². The van der Waals surface area contributed by atoms with E-state index in [0.717, 1.165) is 11.3 Å². The first-order valence-corrected chi connectivity index (χ1v) is 5.17. The van der Waals surface area contributed by atoms with Crippen LogP contribution in [0.4, 0.5) is 0 Å². The van der Waals surface area contributed by atoms with E-state index >= 15 is 0 Å². The SMILES string of the molecule is CC.CCOCc1cnc(Cl)nc1C. The average Bonchev–Trinajstić information content (AvgIpc) is 2.20. The lowest BCUT2D eigenvalue weighted by Crippen LogP contribution is -1.98. The van der Waals surface area contributed by atoms with E-state index in [2.05, 4.69) is 9.97 Å². The summed E-state index contributed by atoms with van der Waals surface area (Å²) in [5.41, 5.74) is 1.87. The first-order chi connectivity index (χ1) is 6.74. The van der Waals surface area contributed by atoms with Gasteiger partial charge < -0.3 is 4.74 Å². The zero-order valence-corrected chi connectivity index (χ0v) is 9.93. The molecule has 0 saturated carbocycles. The van der Waals surface area contributed by atoms with Crippen LogP contribution in [-0.4, -0.2) is 16.6 Å². The summed E-state index contributed by atoms with van der Waals surface area (Å²) in [6.07, 6.45) is 1.69. The van der Waals surface area contributed by atoms with Gasteiger partial charge in [0, 0.05) is 24.1 Å². The number of halogens is 1. The number of rotatable bonds is 3. The molecule has 0 saturated heterocycles. The van der Waals surface area contributed by atoms with Crippen molar-refractivity contribution in [1.82, 2.24) is 9.97 Å². The molecule has 3 nitrogen and oxygen atoms in total. The van der Waals surface area contributed by atoms with E-state index in [1.165, 1.54) is 0 Å². The van der Waals surface area contributed by atoms with Crippen molar-refractivity contribution < 1.29 is 4.74 Å². The monoisotopic (exact) mass is 216 g/mol. The number of aryl methyl sites for hydroxylation is 1. The molecule has 0 unspecified atom stereocenters. The van der Waals surface area contributed by atoms with Gasteiger partial charge in [-0.1, -0.05) is 13.8 Å². The fourth-order valence-corrected chi connectivity index (χ4v) is 0.993. The largest absolute Gasteiger partial charge is 0.377 e. The summed E-state index contributed by atoms with van der Waals surface area (Å²) in [5.74, 6) is 0. The molecule has 1 heterocycles. The van der Waals surface area contributed by atoms with Crippen molar-refractivity contribution in [3.63, 3.8) is 0 Å². The number of hydrogen-bond acceptors (Lipinski definition) is 3. The highest BCUT2D eigenvalue weighted by molar-refractivity contribution is 6.28. The maximum atomic E-state index is 5.59. The van der Waals surface area contributed by atoms with E-state index in [4.69, 9.17) is 16.3 Å². The first kappa shape index (κ1) is 13.3. The molecule has 1 rings (SSSR count). The smallest absolute Gasteiger partial charge is 0.222 e. The van der Waals surface area contributed by atoms with Gasteiger partial charge in [0.05, 0.1) is 6.61 Å². The van der Waals surface area contributed by atoms with E-state index in [-0.39, 0.29) is 5.28 Å². The predicted octanol–water partition coefficient (Wildman–Crippen LogP) is 3.00. The Morgan fingerprint density at radius 1 is 1.43 bits per heavy atom. The summed E-state index contributed by atoms with van der Waals surface area (Å²) in [4.78, 5) is 7.87. The Balaban J connectivity index is 0.000000791. The third-order valence-corrected chi connectivity index (χ3v) is 1.70. The Bertz CT molecular complexity index is 266. The highest BCUT2D eigenvalue weighted by Gasteiger charge is 2.00. The molecular weight excluding hydrogens is 200 g/mol. The second kappa shape index (κ2) is 7.71. The Hall–Kier alpha value is -0.670. The second-order valence-electron chi connectivity index (χ2n) is 2.39. The van der Waals surface area contributed by atoms with Crippen LogP contribution in [-0.2, 0) is 11.3 Å². The van der Waals surface area contributed by atoms with Crippen molar-refractivity contribution in [1.29, 1.82) is 0 Å². The van der Waals surface area contributed by atoms with E-state index in [9.17, 15) is 0 Å². The van der Waals surface area contributed by atoms with E-state index in [1.807, 2.05) is 27.7 Å². The standard InChI is InChI=1S/C8H11ClN2O.C2H6/c1-3-12-5-7-4-10-8(9)11-6(7)2;1-2/h4H,3,5H2,1-2H3;1-2H3. The summed E-state index contributed by atoms with van der Waals surface area (Å²) in [6, 6.07) is 0. The molecule has 0 fully saturated rings. The number of nitrogens with zero attached hydrogens (tertiary/aromatic N) is 2. The van der Waals surface area contributed by atoms with Crippen molar-refractivity contribution in [3.8, 4) is 0 Å². The van der Waals surface area contributed by atoms with Crippen LogP contribution in [0.15, 0.2) is 6.20 Å². The van der Waals surface area contributed by atoms with Gasteiger partial charge in [0.2, 0.25) is 5.28 Å². The number of ether oxygens (including phenoxy) is 1. The normalized spacial score (nSPS) is 9.21. The molecule has 0 atom stereocenters. The topological polar surface area (TPSA) is 35.0 Å². The third-order valence-electron chi connectivity index (χ3n) is 1.51. The van der Waals surface area contributed by atoms with Gasteiger partial charge in [-0.05, 0) is 25.4 Å². The molecule has 4 heteroatoms. The van der Waals surface area contributed by atoms with Crippen molar-refractivity contribution in [2.45, 2.75) is 34.3 Å². The van der Waals surface area contributed by atoms with Crippen molar-refractivity contribution in [2.24, 2.45) is 0 Å². The van der Waals surface area contributed by atoms with Crippen LogP contribution in [0.2, 0.25) is 5.28 Å². The molecule has 0 aromatic carbocycles. The van der Waals surface area contributed by atoms with Gasteiger partial charge in [-0.2, -0.15) is 0 Å². The molecule has 0 spiro atoms. The molecule has 0 amide bonds. The van der Waals surface area contributed by atoms with Gasteiger partial charge in [0.25, 0.3) is 0 Å². The fourth-order valence-electron chi connectivity index (χ4n) is 0.817. The van der Waals surface area contributed by atoms with Crippen LogP contribution in [0, 0.1) is 6.92 Å². The summed E-state index contributed by atoms with van der Waals surface area (Å²) in [5, 5.41) is 0.285. The van der Waals surface area contributed by atoms with E-state index < -0.39 is 0 Å². The van der Waals surface area contributed by atoms with Crippen LogP contribution in [0.1, 0.15) is 32.0 Å². The Morgan fingerprint density at radius 3 is 2.57 bits per heavy atom. The van der Waals surface area contributed by atoms with Gasteiger partial charge in [0.15, 0.2) is 0 Å². The minimum atomic E-state index is 0.285. The highest BCUT2D eigenvalue weighted by atomic mass is 35.5. The summed E-state index contributed by atoms with van der Waals surface area (Å²) in [7, 11) is 0. The molecule has 0 aliphatic rings. The molecule has 0 radical (unpaired) electrons. The Kier molecular flexibility index (Phi) is 7.34. The zero-order chi connectivity index (χ0) is 11.0. The first-order valence-electron chi connectivity index (χ1n) is 4.79. The lowest BCUT2D eigenvalue weighted by atomic mass is 10.3. The van der Waals surface area contributed by atoms with Gasteiger partial charge in [-0.25, -0.2) is 9.97 Å². The molecule has 1 aromatic rings. The molecule has 0 aliphatic heterocycles. The molecule has 0 aliphatic carbocycles. The zero-order valence-electron chi connectivity index (χ0n) is 9.17. The third kappa shape index (κ3) is 4.53. The molecular formula is C10H17ClN2O. The highest BCUT2D eigenvalue weighted by Crippen LogP contribution is 2.08. The van der Waals surface area contributed by atoms with Gasteiger partial charge in [-0.15, -0.1) is 0 Å². The fraction of sp³-hybridized carbons (Fsp3) is 0.600. The summed E-state index contributed by atoms with van der Waals surface area (Å²) in [6.45, 7) is 9.09. The second-order valence-corrected chi connectivity index (χ2v) is 2.72. The molecule has 1 aromatic heterocycles.